The molecule has 0 aliphatic carbocycles. The van der Waals surface area contributed by atoms with Crippen LogP contribution in [-0.2, 0) is 6.42 Å². The molecule has 1 aliphatic rings. The Morgan fingerprint density at radius 3 is 3.21 bits per heavy atom. The molecule has 0 N–H and O–H groups in total. The van der Waals surface area contributed by atoms with Crippen molar-refractivity contribution in [3.05, 3.63) is 41.5 Å². The molecule has 0 spiro atoms. The van der Waals surface area contributed by atoms with E-state index in [0.717, 1.165) is 35.5 Å². The van der Waals surface area contributed by atoms with Gasteiger partial charge in [0.25, 0.3) is 0 Å². The average molecular weight is 252 g/mol. The van der Waals surface area contributed by atoms with Crippen molar-refractivity contribution in [2.75, 3.05) is 6.54 Å². The highest BCUT2D eigenvalue weighted by Gasteiger charge is 2.17. The number of imidazole rings is 1. The Morgan fingerprint density at radius 1 is 1.32 bits per heavy atom. The molecule has 0 unspecified atom stereocenters. The van der Waals surface area contributed by atoms with Gasteiger partial charge in [-0.3, -0.25) is 9.56 Å². The lowest BCUT2D eigenvalue weighted by molar-refractivity contribution is 0.556. The van der Waals surface area contributed by atoms with Gasteiger partial charge in [-0.15, -0.1) is 0 Å². The van der Waals surface area contributed by atoms with Crippen LogP contribution in [0.15, 0.2) is 33.9 Å². The quantitative estimate of drug-likeness (QED) is 0.667. The zero-order chi connectivity index (χ0) is 12.8. The fraction of sp³-hybridized carbons (Fsp3) is 0.214. The van der Waals surface area contributed by atoms with E-state index in [0.29, 0.717) is 6.01 Å². The van der Waals surface area contributed by atoms with E-state index in [1.807, 2.05) is 35.9 Å². The van der Waals surface area contributed by atoms with E-state index in [-0.39, 0.29) is 0 Å². The Labute approximate surface area is 109 Å². The second kappa shape index (κ2) is 3.78. The van der Waals surface area contributed by atoms with Crippen LogP contribution in [0.2, 0.25) is 0 Å². The zero-order valence-corrected chi connectivity index (χ0v) is 10.5. The van der Waals surface area contributed by atoms with Crippen molar-refractivity contribution in [3.8, 4) is 6.01 Å². The first kappa shape index (κ1) is 10.5. The normalized spacial score (nSPS) is 13.9. The standard InChI is InChI=1S/C14H12N4O/c1-9-2-3-13-10(6-9)17-14(19-13)18-8-16-11-7-15-5-4-12(11)18/h2-3,6-8H,4-5H2,1H3. The first-order valence-electron chi connectivity index (χ1n) is 6.25. The van der Waals surface area contributed by atoms with E-state index in [4.69, 9.17) is 4.42 Å². The van der Waals surface area contributed by atoms with Gasteiger partial charge in [0.05, 0.1) is 5.69 Å². The molecule has 0 saturated carbocycles. The summed E-state index contributed by atoms with van der Waals surface area (Å²) in [4.78, 5) is 13.1. The van der Waals surface area contributed by atoms with Crippen LogP contribution in [0.1, 0.15) is 17.0 Å². The topological polar surface area (TPSA) is 56.2 Å². The summed E-state index contributed by atoms with van der Waals surface area (Å²) in [5.74, 6) is 0. The fourth-order valence-electron chi connectivity index (χ4n) is 2.36. The molecule has 0 radical (unpaired) electrons. The molecule has 19 heavy (non-hydrogen) atoms. The van der Waals surface area contributed by atoms with Crippen LogP contribution in [0.4, 0.5) is 0 Å². The van der Waals surface area contributed by atoms with Crippen LogP contribution >= 0.6 is 0 Å². The highest BCUT2D eigenvalue weighted by Crippen LogP contribution is 2.22. The third-order valence-electron chi connectivity index (χ3n) is 3.33. The minimum atomic E-state index is 0.574. The molecule has 3 heterocycles. The number of aliphatic imine (C=N–C) groups is 1. The van der Waals surface area contributed by atoms with Gasteiger partial charge >= 0.3 is 6.01 Å². The van der Waals surface area contributed by atoms with Crippen molar-refractivity contribution in [1.82, 2.24) is 14.5 Å². The van der Waals surface area contributed by atoms with E-state index in [1.165, 1.54) is 5.56 Å². The summed E-state index contributed by atoms with van der Waals surface area (Å²) in [6, 6.07) is 6.57. The number of rotatable bonds is 1. The molecule has 0 amide bonds. The zero-order valence-electron chi connectivity index (χ0n) is 10.5. The van der Waals surface area contributed by atoms with Crippen LogP contribution < -0.4 is 0 Å². The van der Waals surface area contributed by atoms with Gasteiger partial charge in [0.2, 0.25) is 0 Å². The smallest absolute Gasteiger partial charge is 0.308 e. The van der Waals surface area contributed by atoms with E-state index in [9.17, 15) is 0 Å². The average Bonchev–Trinajstić information content (AvgIpc) is 3.00. The van der Waals surface area contributed by atoms with Gasteiger partial charge in [-0.05, 0) is 24.6 Å². The Balaban J connectivity index is 1.90. The molecule has 94 valence electrons. The first-order chi connectivity index (χ1) is 9.31. The third-order valence-corrected chi connectivity index (χ3v) is 3.33. The summed E-state index contributed by atoms with van der Waals surface area (Å²) in [5.41, 5.74) is 4.87. The number of aryl methyl sites for hydroxylation is 1. The van der Waals surface area contributed by atoms with Gasteiger partial charge in [0.15, 0.2) is 5.58 Å². The van der Waals surface area contributed by atoms with Gasteiger partial charge in [0, 0.05) is 19.2 Å². The molecule has 0 saturated heterocycles. The molecule has 5 heteroatoms. The van der Waals surface area contributed by atoms with Crippen molar-refractivity contribution < 1.29 is 4.42 Å². The highest BCUT2D eigenvalue weighted by molar-refractivity contribution is 5.80. The molecular formula is C14H12N4O. The van der Waals surface area contributed by atoms with Gasteiger partial charge in [-0.1, -0.05) is 6.07 Å². The largest absolute Gasteiger partial charge is 0.423 e. The van der Waals surface area contributed by atoms with Gasteiger partial charge in [-0.25, -0.2) is 4.98 Å². The Hall–Kier alpha value is -2.43. The van der Waals surface area contributed by atoms with Crippen molar-refractivity contribution in [1.29, 1.82) is 0 Å². The molecule has 0 atom stereocenters. The number of hydrogen-bond acceptors (Lipinski definition) is 4. The van der Waals surface area contributed by atoms with Crippen LogP contribution in [0, 0.1) is 6.92 Å². The van der Waals surface area contributed by atoms with Gasteiger partial charge in [0.1, 0.15) is 17.5 Å². The Morgan fingerprint density at radius 2 is 2.26 bits per heavy atom. The van der Waals surface area contributed by atoms with Crippen molar-refractivity contribution in [3.63, 3.8) is 0 Å². The minimum Gasteiger partial charge on any atom is -0.423 e. The molecule has 0 bridgehead atoms. The van der Waals surface area contributed by atoms with Crippen molar-refractivity contribution >= 4 is 17.3 Å². The molecule has 5 nitrogen and oxygen atoms in total. The summed E-state index contributed by atoms with van der Waals surface area (Å²) < 4.78 is 7.71. The van der Waals surface area contributed by atoms with Crippen LogP contribution in [0.3, 0.4) is 0 Å². The van der Waals surface area contributed by atoms with E-state index >= 15 is 0 Å². The summed E-state index contributed by atoms with van der Waals surface area (Å²) in [7, 11) is 0. The van der Waals surface area contributed by atoms with E-state index in [1.54, 1.807) is 6.33 Å². The molecule has 1 aromatic carbocycles. The summed E-state index contributed by atoms with van der Waals surface area (Å²) >= 11 is 0. The monoisotopic (exact) mass is 252 g/mol. The molecule has 2 aromatic heterocycles. The molecular weight excluding hydrogens is 240 g/mol. The number of nitrogens with zero attached hydrogens (tertiary/aromatic N) is 4. The molecule has 1 aliphatic heterocycles. The maximum Gasteiger partial charge on any atom is 0.308 e. The summed E-state index contributed by atoms with van der Waals surface area (Å²) in [6.45, 7) is 2.83. The predicted molar refractivity (Wildman–Crippen MR) is 72.0 cm³/mol. The number of oxazole rings is 1. The van der Waals surface area contributed by atoms with Gasteiger partial charge < -0.3 is 4.42 Å². The van der Waals surface area contributed by atoms with E-state index in [2.05, 4.69) is 15.0 Å². The lowest BCUT2D eigenvalue weighted by atomic mass is 10.2. The van der Waals surface area contributed by atoms with Crippen molar-refractivity contribution in [2.24, 2.45) is 4.99 Å². The molecule has 4 rings (SSSR count). The Kier molecular flexibility index (Phi) is 2.09. The van der Waals surface area contributed by atoms with E-state index < -0.39 is 0 Å². The van der Waals surface area contributed by atoms with Gasteiger partial charge in [-0.2, -0.15) is 4.98 Å². The summed E-state index contributed by atoms with van der Waals surface area (Å²) in [6.07, 6.45) is 4.42. The van der Waals surface area contributed by atoms with Crippen LogP contribution in [0.5, 0.6) is 0 Å². The molecule has 0 fully saturated rings. The second-order valence-corrected chi connectivity index (χ2v) is 4.70. The maximum atomic E-state index is 5.80. The number of fused-ring (bicyclic) bond motifs is 2. The SMILES string of the molecule is Cc1ccc2oc(-n3cnc4c3CCN=C4)nc2c1. The second-order valence-electron chi connectivity index (χ2n) is 4.70. The van der Waals surface area contributed by atoms with Crippen LogP contribution in [0.25, 0.3) is 17.1 Å². The first-order valence-corrected chi connectivity index (χ1v) is 6.25. The predicted octanol–water partition coefficient (Wildman–Crippen LogP) is 2.30. The highest BCUT2D eigenvalue weighted by atomic mass is 16.4. The fourth-order valence-corrected chi connectivity index (χ4v) is 2.36. The number of hydrogen-bond donors (Lipinski definition) is 0. The lowest BCUT2D eigenvalue weighted by Crippen LogP contribution is -2.07. The maximum absolute atomic E-state index is 5.80. The van der Waals surface area contributed by atoms with Crippen LogP contribution in [-0.4, -0.2) is 27.3 Å². The minimum absolute atomic E-state index is 0.574. The number of aromatic nitrogens is 3. The lowest BCUT2D eigenvalue weighted by Gasteiger charge is -2.06. The van der Waals surface area contributed by atoms with Crippen molar-refractivity contribution in [2.45, 2.75) is 13.3 Å². The third kappa shape index (κ3) is 1.58. The molecule has 3 aromatic rings. The number of benzene rings is 1. The summed E-state index contributed by atoms with van der Waals surface area (Å²) in [5, 5.41) is 0. The Bertz CT molecular complexity index is 797.